The van der Waals surface area contributed by atoms with Crippen molar-refractivity contribution in [3.05, 3.63) is 120 Å². The maximum absolute atomic E-state index is 13.2. The minimum absolute atomic E-state index is 0.250. The van der Waals surface area contributed by atoms with E-state index in [4.69, 9.17) is 4.74 Å². The van der Waals surface area contributed by atoms with E-state index in [0.717, 1.165) is 33.4 Å². The molecule has 0 saturated heterocycles. The molecule has 1 nitrogen and oxygen atoms in total. The van der Waals surface area contributed by atoms with Gasteiger partial charge in [0, 0.05) is 0 Å². The van der Waals surface area contributed by atoms with Crippen LogP contribution in [0.2, 0.25) is 0 Å². The van der Waals surface area contributed by atoms with E-state index in [1.54, 1.807) is 24.3 Å². The summed E-state index contributed by atoms with van der Waals surface area (Å²) in [5.41, 5.74) is 6.05. The summed E-state index contributed by atoms with van der Waals surface area (Å²) in [6.07, 6.45) is 0. The molecular weight excluding hydrogens is 366 g/mol. The molecule has 144 valence electrons. The van der Waals surface area contributed by atoms with Crippen molar-refractivity contribution in [2.24, 2.45) is 0 Å². The molecule has 0 aromatic heterocycles. The van der Waals surface area contributed by atoms with Gasteiger partial charge in [0.2, 0.25) is 0 Å². The second-order valence-corrected chi connectivity index (χ2v) is 6.82. The normalized spacial score (nSPS) is 10.8. The fourth-order valence-corrected chi connectivity index (χ4v) is 3.39. The number of ether oxygens (including phenoxy) is 1. The lowest BCUT2D eigenvalue weighted by molar-refractivity contribution is 0.108. The van der Waals surface area contributed by atoms with Gasteiger partial charge >= 0.3 is 0 Å². The van der Waals surface area contributed by atoms with Gasteiger partial charge in [-0.1, -0.05) is 72.8 Å². The maximum Gasteiger partial charge on any atom is 0.123 e. The molecule has 0 atom stereocenters. The van der Waals surface area contributed by atoms with Crippen LogP contribution in [0.4, 0.5) is 8.78 Å². The Morgan fingerprint density at radius 2 is 0.862 bits per heavy atom. The van der Waals surface area contributed by atoms with E-state index in [1.807, 2.05) is 48.5 Å². The number of hydrogen-bond acceptors (Lipinski definition) is 1. The number of rotatable bonds is 6. The summed E-state index contributed by atoms with van der Waals surface area (Å²) in [6.45, 7) is 0.872. The average Bonchev–Trinajstić information content (AvgIpc) is 2.76. The van der Waals surface area contributed by atoms with Gasteiger partial charge in [-0.3, -0.25) is 0 Å². The summed E-state index contributed by atoms with van der Waals surface area (Å²) < 4.78 is 32.5. The standard InChI is InChI=1S/C26H20F2O/c27-23-13-9-19(10-14-23)25-7-3-1-5-21(25)17-29-18-22-6-2-4-8-26(22)20-11-15-24(28)16-12-20/h1-16H,17-18H2. The molecule has 4 aromatic carbocycles. The minimum atomic E-state index is -0.250. The molecule has 3 heteroatoms. The molecule has 0 saturated carbocycles. The fraction of sp³-hybridized carbons (Fsp3) is 0.0769. The smallest absolute Gasteiger partial charge is 0.123 e. The third kappa shape index (κ3) is 4.58. The molecule has 0 aliphatic carbocycles. The third-order valence-electron chi connectivity index (χ3n) is 4.86. The summed E-state index contributed by atoms with van der Waals surface area (Å²) in [6, 6.07) is 28.9. The van der Waals surface area contributed by atoms with Crippen LogP contribution in [0.1, 0.15) is 11.1 Å². The van der Waals surface area contributed by atoms with Crippen molar-refractivity contribution < 1.29 is 13.5 Å². The molecule has 0 fully saturated rings. The highest BCUT2D eigenvalue weighted by molar-refractivity contribution is 5.68. The largest absolute Gasteiger partial charge is 0.372 e. The Morgan fingerprint density at radius 1 is 0.483 bits per heavy atom. The van der Waals surface area contributed by atoms with Gasteiger partial charge in [0.1, 0.15) is 11.6 Å². The lowest BCUT2D eigenvalue weighted by Gasteiger charge is -2.13. The van der Waals surface area contributed by atoms with E-state index >= 15 is 0 Å². The van der Waals surface area contributed by atoms with E-state index < -0.39 is 0 Å². The van der Waals surface area contributed by atoms with Gasteiger partial charge in [-0.25, -0.2) is 8.78 Å². The van der Waals surface area contributed by atoms with Gasteiger partial charge in [-0.15, -0.1) is 0 Å². The molecule has 0 amide bonds. The predicted molar refractivity (Wildman–Crippen MR) is 112 cm³/mol. The summed E-state index contributed by atoms with van der Waals surface area (Å²) in [4.78, 5) is 0. The van der Waals surface area contributed by atoms with Gasteiger partial charge in [0.05, 0.1) is 13.2 Å². The molecule has 0 radical (unpaired) electrons. The highest BCUT2D eigenvalue weighted by atomic mass is 19.1. The Kier molecular flexibility index (Phi) is 5.78. The average molecular weight is 386 g/mol. The van der Waals surface area contributed by atoms with Gasteiger partial charge < -0.3 is 4.74 Å². The van der Waals surface area contributed by atoms with Crippen molar-refractivity contribution in [3.63, 3.8) is 0 Å². The Hall–Kier alpha value is -3.30. The molecule has 0 spiro atoms. The topological polar surface area (TPSA) is 9.23 Å². The molecule has 0 N–H and O–H groups in total. The lowest BCUT2D eigenvalue weighted by atomic mass is 9.99. The summed E-state index contributed by atoms with van der Waals surface area (Å²) in [5.74, 6) is -0.500. The third-order valence-corrected chi connectivity index (χ3v) is 4.86. The van der Waals surface area contributed by atoms with E-state index in [-0.39, 0.29) is 11.6 Å². The molecule has 0 aliphatic rings. The van der Waals surface area contributed by atoms with Gasteiger partial charge in [-0.05, 0) is 57.6 Å². The molecular formula is C26H20F2O. The van der Waals surface area contributed by atoms with Crippen molar-refractivity contribution in [3.8, 4) is 22.3 Å². The van der Waals surface area contributed by atoms with Crippen LogP contribution in [0.25, 0.3) is 22.3 Å². The molecule has 0 aliphatic heterocycles. The van der Waals surface area contributed by atoms with E-state index in [9.17, 15) is 8.78 Å². The van der Waals surface area contributed by atoms with Crippen molar-refractivity contribution in [2.45, 2.75) is 13.2 Å². The quantitative estimate of drug-likeness (QED) is 0.346. The number of benzene rings is 4. The fourth-order valence-electron chi connectivity index (χ4n) is 3.39. The zero-order valence-corrected chi connectivity index (χ0v) is 15.8. The summed E-state index contributed by atoms with van der Waals surface area (Å²) in [7, 11) is 0. The molecule has 29 heavy (non-hydrogen) atoms. The Morgan fingerprint density at radius 3 is 1.28 bits per heavy atom. The molecule has 4 aromatic rings. The van der Waals surface area contributed by atoms with Crippen LogP contribution in [-0.4, -0.2) is 0 Å². The first-order valence-corrected chi connectivity index (χ1v) is 9.46. The zero-order chi connectivity index (χ0) is 20.1. The number of hydrogen-bond donors (Lipinski definition) is 0. The SMILES string of the molecule is Fc1ccc(-c2ccccc2COCc2ccccc2-c2ccc(F)cc2)cc1. The molecule has 4 rings (SSSR count). The highest BCUT2D eigenvalue weighted by Gasteiger charge is 2.08. The highest BCUT2D eigenvalue weighted by Crippen LogP contribution is 2.27. The maximum atomic E-state index is 13.2. The molecule has 0 bridgehead atoms. The zero-order valence-electron chi connectivity index (χ0n) is 15.8. The Bertz CT molecular complexity index is 997. The van der Waals surface area contributed by atoms with Gasteiger partial charge in [0.25, 0.3) is 0 Å². The first-order chi connectivity index (χ1) is 14.2. The van der Waals surface area contributed by atoms with Crippen LogP contribution in [0.15, 0.2) is 97.1 Å². The van der Waals surface area contributed by atoms with Gasteiger partial charge in [-0.2, -0.15) is 0 Å². The van der Waals surface area contributed by atoms with Crippen LogP contribution >= 0.6 is 0 Å². The minimum Gasteiger partial charge on any atom is -0.372 e. The van der Waals surface area contributed by atoms with Crippen LogP contribution in [-0.2, 0) is 18.0 Å². The van der Waals surface area contributed by atoms with Crippen molar-refractivity contribution >= 4 is 0 Å². The monoisotopic (exact) mass is 386 g/mol. The predicted octanol–water partition coefficient (Wildman–Crippen LogP) is 7.02. The van der Waals surface area contributed by atoms with Crippen molar-refractivity contribution in [2.75, 3.05) is 0 Å². The van der Waals surface area contributed by atoms with E-state index in [1.165, 1.54) is 24.3 Å². The summed E-state index contributed by atoms with van der Waals surface area (Å²) >= 11 is 0. The van der Waals surface area contributed by atoms with Gasteiger partial charge in [0.15, 0.2) is 0 Å². The first-order valence-electron chi connectivity index (χ1n) is 9.46. The number of halogens is 2. The van der Waals surface area contributed by atoms with Crippen molar-refractivity contribution in [1.29, 1.82) is 0 Å². The van der Waals surface area contributed by atoms with Crippen LogP contribution < -0.4 is 0 Å². The Labute approximate surface area is 169 Å². The van der Waals surface area contributed by atoms with Crippen LogP contribution in [0.3, 0.4) is 0 Å². The Balaban J connectivity index is 1.51. The van der Waals surface area contributed by atoms with Crippen LogP contribution in [0.5, 0.6) is 0 Å². The first kappa shape index (κ1) is 19.0. The second-order valence-electron chi connectivity index (χ2n) is 6.82. The second kappa shape index (κ2) is 8.80. The molecule has 0 unspecified atom stereocenters. The van der Waals surface area contributed by atoms with E-state index in [2.05, 4.69) is 0 Å². The van der Waals surface area contributed by atoms with E-state index in [0.29, 0.717) is 13.2 Å². The lowest BCUT2D eigenvalue weighted by Crippen LogP contribution is -1.98. The van der Waals surface area contributed by atoms with Crippen LogP contribution in [0, 0.1) is 11.6 Å². The van der Waals surface area contributed by atoms with Crippen molar-refractivity contribution in [1.82, 2.24) is 0 Å². The molecule has 0 heterocycles. The summed E-state index contributed by atoms with van der Waals surface area (Å²) in [5, 5.41) is 0.